The lowest BCUT2D eigenvalue weighted by molar-refractivity contribution is 0.0997. The predicted octanol–water partition coefficient (Wildman–Crippen LogP) is 0.195. The standard InChI is InChI=1S/C12H16N2O4S/c1-18-9-6-7-14(8-9)19(16,17)11-5-3-2-4-10(11)12(13)15/h2-5,9H,6-8H2,1H3,(H2,13,15)/t9-/m1/s1. The summed E-state index contributed by atoms with van der Waals surface area (Å²) < 4.78 is 31.4. The molecule has 6 nitrogen and oxygen atoms in total. The van der Waals surface area contributed by atoms with Gasteiger partial charge in [-0.3, -0.25) is 4.79 Å². The molecule has 0 aliphatic carbocycles. The number of hydrogen-bond acceptors (Lipinski definition) is 4. The Morgan fingerprint density at radius 2 is 2.11 bits per heavy atom. The van der Waals surface area contributed by atoms with E-state index in [0.717, 1.165) is 0 Å². The normalized spacial score (nSPS) is 20.6. The van der Waals surface area contributed by atoms with E-state index < -0.39 is 15.9 Å². The van der Waals surface area contributed by atoms with Crippen molar-refractivity contribution in [2.24, 2.45) is 5.73 Å². The molecule has 1 amide bonds. The average Bonchev–Trinajstić information content (AvgIpc) is 2.88. The van der Waals surface area contributed by atoms with Gasteiger partial charge < -0.3 is 10.5 Å². The molecule has 1 aliphatic heterocycles. The predicted molar refractivity (Wildman–Crippen MR) is 69.1 cm³/mol. The number of primary amides is 1. The van der Waals surface area contributed by atoms with Crippen LogP contribution in [0.25, 0.3) is 0 Å². The highest BCUT2D eigenvalue weighted by Crippen LogP contribution is 2.24. The molecule has 7 heteroatoms. The molecule has 2 rings (SSSR count). The summed E-state index contributed by atoms with van der Waals surface area (Å²) >= 11 is 0. The van der Waals surface area contributed by atoms with Crippen molar-refractivity contribution in [2.75, 3.05) is 20.2 Å². The molecule has 104 valence electrons. The Morgan fingerprint density at radius 3 is 2.68 bits per heavy atom. The van der Waals surface area contributed by atoms with E-state index in [2.05, 4.69) is 0 Å². The summed E-state index contributed by atoms with van der Waals surface area (Å²) in [5.74, 6) is -0.748. The largest absolute Gasteiger partial charge is 0.380 e. The number of nitrogens with zero attached hydrogens (tertiary/aromatic N) is 1. The van der Waals surface area contributed by atoms with Gasteiger partial charge >= 0.3 is 0 Å². The van der Waals surface area contributed by atoms with Gasteiger partial charge in [-0.2, -0.15) is 4.31 Å². The minimum Gasteiger partial charge on any atom is -0.380 e. The molecule has 19 heavy (non-hydrogen) atoms. The number of nitrogens with two attached hydrogens (primary N) is 1. The number of sulfonamides is 1. The number of benzene rings is 1. The molecule has 1 aromatic rings. The van der Waals surface area contributed by atoms with Gasteiger partial charge in [0.05, 0.1) is 16.6 Å². The Bertz CT molecular complexity index is 585. The molecular weight excluding hydrogens is 268 g/mol. The van der Waals surface area contributed by atoms with Crippen LogP contribution < -0.4 is 5.73 Å². The van der Waals surface area contributed by atoms with Crippen LogP contribution in [0.4, 0.5) is 0 Å². The van der Waals surface area contributed by atoms with Crippen LogP contribution in [0.15, 0.2) is 29.2 Å². The Hall–Kier alpha value is -1.44. The minimum atomic E-state index is -3.70. The molecule has 0 bridgehead atoms. The van der Waals surface area contributed by atoms with Crippen molar-refractivity contribution in [2.45, 2.75) is 17.4 Å². The van der Waals surface area contributed by atoms with E-state index in [0.29, 0.717) is 19.5 Å². The second-order valence-electron chi connectivity index (χ2n) is 4.37. The highest BCUT2D eigenvalue weighted by atomic mass is 32.2. The van der Waals surface area contributed by atoms with Crippen molar-refractivity contribution in [3.63, 3.8) is 0 Å². The van der Waals surface area contributed by atoms with Gasteiger partial charge in [-0.1, -0.05) is 12.1 Å². The van der Waals surface area contributed by atoms with Gasteiger partial charge in [0.25, 0.3) is 0 Å². The molecule has 2 N–H and O–H groups in total. The van der Waals surface area contributed by atoms with Crippen LogP contribution in [0.2, 0.25) is 0 Å². The van der Waals surface area contributed by atoms with Crippen molar-refractivity contribution in [1.82, 2.24) is 4.31 Å². The number of methoxy groups -OCH3 is 1. The Morgan fingerprint density at radius 1 is 1.42 bits per heavy atom. The monoisotopic (exact) mass is 284 g/mol. The van der Waals surface area contributed by atoms with Crippen molar-refractivity contribution < 1.29 is 17.9 Å². The Kier molecular flexibility index (Phi) is 3.88. The van der Waals surface area contributed by atoms with E-state index in [1.54, 1.807) is 19.2 Å². The lowest BCUT2D eigenvalue weighted by atomic mass is 10.2. The molecule has 1 fully saturated rings. The first-order chi connectivity index (χ1) is 8.96. The third-order valence-corrected chi connectivity index (χ3v) is 5.13. The lowest BCUT2D eigenvalue weighted by Gasteiger charge is -2.17. The summed E-state index contributed by atoms with van der Waals surface area (Å²) in [6, 6.07) is 5.97. The van der Waals surface area contributed by atoms with E-state index >= 15 is 0 Å². The summed E-state index contributed by atoms with van der Waals surface area (Å²) in [7, 11) is -2.15. The second kappa shape index (κ2) is 5.28. The van der Waals surface area contributed by atoms with Crippen molar-refractivity contribution in [3.05, 3.63) is 29.8 Å². The fourth-order valence-electron chi connectivity index (χ4n) is 2.14. The van der Waals surface area contributed by atoms with E-state index in [-0.39, 0.29) is 16.6 Å². The van der Waals surface area contributed by atoms with Gasteiger partial charge in [0, 0.05) is 20.2 Å². The van der Waals surface area contributed by atoms with Crippen LogP contribution in [0, 0.1) is 0 Å². The van der Waals surface area contributed by atoms with Gasteiger partial charge in [0.1, 0.15) is 0 Å². The molecule has 0 spiro atoms. The minimum absolute atomic E-state index is 0.0170. The van der Waals surface area contributed by atoms with Crippen molar-refractivity contribution in [1.29, 1.82) is 0 Å². The maximum absolute atomic E-state index is 12.5. The number of carbonyl (C=O) groups excluding carboxylic acids is 1. The summed E-state index contributed by atoms with van der Waals surface area (Å²) in [4.78, 5) is 11.3. The van der Waals surface area contributed by atoms with Gasteiger partial charge in [-0.25, -0.2) is 8.42 Å². The molecule has 1 aromatic carbocycles. The Labute approximate surface area is 112 Å². The molecule has 0 radical (unpaired) electrons. The smallest absolute Gasteiger partial charge is 0.250 e. The molecule has 0 saturated carbocycles. The van der Waals surface area contributed by atoms with Gasteiger partial charge in [-0.15, -0.1) is 0 Å². The fraction of sp³-hybridized carbons (Fsp3) is 0.417. The van der Waals surface area contributed by atoms with Crippen LogP contribution in [0.3, 0.4) is 0 Å². The number of hydrogen-bond donors (Lipinski definition) is 1. The summed E-state index contributed by atoms with van der Waals surface area (Å²) in [5, 5.41) is 0. The van der Waals surface area contributed by atoms with Crippen molar-refractivity contribution in [3.8, 4) is 0 Å². The highest BCUT2D eigenvalue weighted by Gasteiger charge is 2.34. The topological polar surface area (TPSA) is 89.7 Å². The maximum atomic E-state index is 12.5. The third kappa shape index (κ3) is 2.63. The van der Waals surface area contributed by atoms with Crippen LogP contribution in [-0.2, 0) is 14.8 Å². The highest BCUT2D eigenvalue weighted by molar-refractivity contribution is 7.89. The maximum Gasteiger partial charge on any atom is 0.250 e. The first-order valence-electron chi connectivity index (χ1n) is 5.88. The third-order valence-electron chi connectivity index (χ3n) is 3.21. The van der Waals surface area contributed by atoms with Crippen molar-refractivity contribution >= 4 is 15.9 Å². The van der Waals surface area contributed by atoms with E-state index in [1.165, 1.54) is 16.4 Å². The Balaban J connectivity index is 2.38. The molecule has 1 heterocycles. The van der Waals surface area contributed by atoms with Crippen LogP contribution in [0.1, 0.15) is 16.8 Å². The zero-order chi connectivity index (χ0) is 14.0. The van der Waals surface area contributed by atoms with Crippen LogP contribution in [-0.4, -0.2) is 44.9 Å². The van der Waals surface area contributed by atoms with E-state index in [1.807, 2.05) is 0 Å². The first kappa shape index (κ1) is 14.0. The van der Waals surface area contributed by atoms with Crippen LogP contribution in [0.5, 0.6) is 0 Å². The number of amides is 1. The molecule has 1 atom stereocenters. The van der Waals surface area contributed by atoms with Gasteiger partial charge in [-0.05, 0) is 18.6 Å². The zero-order valence-electron chi connectivity index (χ0n) is 10.6. The second-order valence-corrected chi connectivity index (χ2v) is 6.28. The van der Waals surface area contributed by atoms with E-state index in [9.17, 15) is 13.2 Å². The average molecular weight is 284 g/mol. The quantitative estimate of drug-likeness (QED) is 0.855. The molecule has 1 aliphatic rings. The molecule has 1 saturated heterocycles. The number of rotatable bonds is 4. The molecule has 0 unspecified atom stereocenters. The number of carbonyl (C=O) groups is 1. The van der Waals surface area contributed by atoms with E-state index in [4.69, 9.17) is 10.5 Å². The summed E-state index contributed by atoms with van der Waals surface area (Å²) in [5.41, 5.74) is 5.23. The van der Waals surface area contributed by atoms with Gasteiger partial charge in [0.2, 0.25) is 15.9 Å². The molecular formula is C12H16N2O4S. The SMILES string of the molecule is CO[C@@H]1CCN(S(=O)(=O)c2ccccc2C(N)=O)C1. The first-order valence-corrected chi connectivity index (χ1v) is 7.32. The number of ether oxygens (including phenoxy) is 1. The summed E-state index contributed by atoms with van der Waals surface area (Å²) in [6.07, 6.45) is 0.546. The molecule has 0 aromatic heterocycles. The lowest BCUT2D eigenvalue weighted by Crippen LogP contribution is -2.31. The summed E-state index contributed by atoms with van der Waals surface area (Å²) in [6.45, 7) is 0.680. The fourth-order valence-corrected chi connectivity index (χ4v) is 3.83. The van der Waals surface area contributed by atoms with Crippen LogP contribution >= 0.6 is 0 Å². The zero-order valence-corrected chi connectivity index (χ0v) is 11.4. The van der Waals surface area contributed by atoms with Gasteiger partial charge in [0.15, 0.2) is 0 Å².